The maximum absolute atomic E-state index is 14.0. The van der Waals surface area contributed by atoms with Crippen molar-refractivity contribution in [1.29, 1.82) is 0 Å². The number of ketones is 1. The largest absolute Gasteiger partial charge is 0.321 e. The molecule has 142 valence electrons. The van der Waals surface area contributed by atoms with Crippen LogP contribution in [0.15, 0.2) is 54.6 Å². The lowest BCUT2D eigenvalue weighted by molar-refractivity contribution is 0.0974. The minimum Gasteiger partial charge on any atom is -0.321 e. The Bertz CT molecular complexity index is 1050. The van der Waals surface area contributed by atoms with Crippen LogP contribution in [-0.2, 0) is 0 Å². The molecule has 1 aliphatic rings. The second-order valence-corrected chi connectivity index (χ2v) is 8.28. The van der Waals surface area contributed by atoms with Crippen molar-refractivity contribution in [3.63, 3.8) is 0 Å². The molecule has 0 unspecified atom stereocenters. The third-order valence-corrected chi connectivity index (χ3v) is 6.07. The molecule has 2 aromatic carbocycles. The van der Waals surface area contributed by atoms with Gasteiger partial charge in [0.25, 0.3) is 5.91 Å². The molecule has 1 saturated carbocycles. The van der Waals surface area contributed by atoms with E-state index in [0.717, 1.165) is 18.4 Å². The number of nitrogens with one attached hydrogen (secondary N) is 1. The van der Waals surface area contributed by atoms with E-state index in [1.54, 1.807) is 36.4 Å². The molecule has 1 heterocycles. The van der Waals surface area contributed by atoms with Crippen LogP contribution in [0.4, 0.5) is 10.1 Å². The predicted molar refractivity (Wildman–Crippen MR) is 111 cm³/mol. The Labute approximate surface area is 167 Å². The third kappa shape index (κ3) is 4.04. The van der Waals surface area contributed by atoms with Crippen molar-refractivity contribution >= 4 is 28.7 Å². The van der Waals surface area contributed by atoms with E-state index in [-0.39, 0.29) is 17.5 Å². The van der Waals surface area contributed by atoms with Gasteiger partial charge in [0.15, 0.2) is 5.78 Å². The summed E-state index contributed by atoms with van der Waals surface area (Å²) in [7, 11) is 0. The number of amides is 1. The number of carbonyl (C=O) groups is 2. The number of Topliss-reactive ketones (excluding diaryl/α,β-unsaturated/α-hetero) is 1. The standard InChI is InChI=1S/C23H20FNO2S/c1-14-6-9-16(20(26)12-15-7-8-15)13-19(14)25-23(27)22-11-10-21(28-22)17-4-2-3-5-18(17)24/h2-6,9-11,13,15H,7-8,12H2,1H3,(H,25,27). The smallest absolute Gasteiger partial charge is 0.265 e. The van der Waals surface area contributed by atoms with Crippen LogP contribution in [0.2, 0.25) is 0 Å². The summed E-state index contributed by atoms with van der Waals surface area (Å²) in [4.78, 5) is 26.2. The van der Waals surface area contributed by atoms with Crippen LogP contribution >= 0.6 is 11.3 Å². The number of aryl methyl sites for hydroxylation is 1. The van der Waals surface area contributed by atoms with Crippen molar-refractivity contribution in [3.8, 4) is 10.4 Å². The highest BCUT2D eigenvalue weighted by molar-refractivity contribution is 7.17. The molecule has 1 aromatic heterocycles. The Kier molecular flexibility index (Phi) is 5.09. The molecule has 1 fully saturated rings. The molecule has 3 aromatic rings. The number of hydrogen-bond donors (Lipinski definition) is 1. The van der Waals surface area contributed by atoms with Gasteiger partial charge in [-0.2, -0.15) is 0 Å². The monoisotopic (exact) mass is 393 g/mol. The zero-order valence-corrected chi connectivity index (χ0v) is 16.3. The van der Waals surface area contributed by atoms with Gasteiger partial charge in [0.05, 0.1) is 4.88 Å². The van der Waals surface area contributed by atoms with Gasteiger partial charge in [-0.3, -0.25) is 9.59 Å². The number of halogens is 1. The molecule has 5 heteroatoms. The number of hydrogen-bond acceptors (Lipinski definition) is 3. The Morgan fingerprint density at radius 3 is 2.64 bits per heavy atom. The Morgan fingerprint density at radius 2 is 1.89 bits per heavy atom. The number of rotatable bonds is 6. The van der Waals surface area contributed by atoms with Crippen LogP contribution in [0.1, 0.15) is 44.9 Å². The van der Waals surface area contributed by atoms with Crippen molar-refractivity contribution in [1.82, 2.24) is 0 Å². The molecule has 28 heavy (non-hydrogen) atoms. The SMILES string of the molecule is Cc1ccc(C(=O)CC2CC2)cc1NC(=O)c1ccc(-c2ccccc2F)s1. The van der Waals surface area contributed by atoms with Gasteiger partial charge in [0, 0.05) is 28.1 Å². The molecule has 0 aliphatic heterocycles. The third-order valence-electron chi connectivity index (χ3n) is 4.95. The second kappa shape index (κ2) is 7.68. The fourth-order valence-corrected chi connectivity index (χ4v) is 4.01. The van der Waals surface area contributed by atoms with Gasteiger partial charge in [-0.25, -0.2) is 4.39 Å². The maximum atomic E-state index is 14.0. The number of anilines is 1. The molecule has 1 N–H and O–H groups in total. The lowest BCUT2D eigenvalue weighted by Crippen LogP contribution is -2.12. The highest BCUT2D eigenvalue weighted by Crippen LogP contribution is 2.34. The van der Waals surface area contributed by atoms with Gasteiger partial charge in [0.1, 0.15) is 5.82 Å². The topological polar surface area (TPSA) is 46.2 Å². The van der Waals surface area contributed by atoms with E-state index in [2.05, 4.69) is 5.32 Å². The highest BCUT2D eigenvalue weighted by atomic mass is 32.1. The fourth-order valence-electron chi connectivity index (χ4n) is 3.08. The van der Waals surface area contributed by atoms with Gasteiger partial charge in [0.2, 0.25) is 0 Å². The van der Waals surface area contributed by atoms with E-state index in [1.165, 1.54) is 17.4 Å². The Morgan fingerprint density at radius 1 is 1.11 bits per heavy atom. The van der Waals surface area contributed by atoms with Gasteiger partial charge < -0.3 is 5.32 Å². The first kappa shape index (κ1) is 18.6. The van der Waals surface area contributed by atoms with E-state index in [9.17, 15) is 14.0 Å². The Balaban J connectivity index is 1.52. The van der Waals surface area contributed by atoms with Crippen molar-refractivity contribution in [2.75, 3.05) is 5.32 Å². The van der Waals surface area contributed by atoms with E-state index in [4.69, 9.17) is 0 Å². The first-order valence-corrected chi connectivity index (χ1v) is 10.1. The average Bonchev–Trinajstić information content (AvgIpc) is 3.36. The van der Waals surface area contributed by atoms with Crippen LogP contribution < -0.4 is 5.32 Å². The highest BCUT2D eigenvalue weighted by Gasteiger charge is 2.25. The first-order valence-electron chi connectivity index (χ1n) is 9.31. The molecule has 0 spiro atoms. The van der Waals surface area contributed by atoms with Gasteiger partial charge >= 0.3 is 0 Å². The molecular weight excluding hydrogens is 373 g/mol. The lowest BCUT2D eigenvalue weighted by atomic mass is 10.0. The van der Waals surface area contributed by atoms with Crippen molar-refractivity contribution in [2.24, 2.45) is 5.92 Å². The molecule has 0 bridgehead atoms. The fraction of sp³-hybridized carbons (Fsp3) is 0.217. The molecule has 0 radical (unpaired) electrons. The van der Waals surface area contributed by atoms with E-state index < -0.39 is 0 Å². The minimum atomic E-state index is -0.311. The van der Waals surface area contributed by atoms with Crippen LogP contribution in [0, 0.1) is 18.7 Å². The summed E-state index contributed by atoms with van der Waals surface area (Å²) in [6.07, 6.45) is 2.83. The summed E-state index contributed by atoms with van der Waals surface area (Å²) in [6, 6.07) is 15.4. The van der Waals surface area contributed by atoms with Crippen LogP contribution in [0.3, 0.4) is 0 Å². The van der Waals surface area contributed by atoms with Gasteiger partial charge in [-0.1, -0.05) is 30.3 Å². The first-order chi connectivity index (χ1) is 13.5. The summed E-state index contributed by atoms with van der Waals surface area (Å²) in [5, 5.41) is 2.90. The molecule has 1 aliphatic carbocycles. The van der Waals surface area contributed by atoms with Crippen molar-refractivity contribution in [2.45, 2.75) is 26.2 Å². The summed E-state index contributed by atoms with van der Waals surface area (Å²) < 4.78 is 14.0. The van der Waals surface area contributed by atoms with Crippen molar-refractivity contribution in [3.05, 3.63) is 76.4 Å². The minimum absolute atomic E-state index is 0.121. The number of benzene rings is 2. The molecule has 0 saturated heterocycles. The molecule has 1 amide bonds. The molecule has 3 nitrogen and oxygen atoms in total. The van der Waals surface area contributed by atoms with Gasteiger partial charge in [-0.05, 0) is 55.5 Å². The molecule has 4 rings (SSSR count). The second-order valence-electron chi connectivity index (χ2n) is 7.20. The van der Waals surface area contributed by atoms with Crippen LogP contribution in [-0.4, -0.2) is 11.7 Å². The number of thiophene rings is 1. The zero-order valence-electron chi connectivity index (χ0n) is 15.5. The summed E-state index contributed by atoms with van der Waals surface area (Å²) in [6.45, 7) is 1.89. The molecular formula is C23H20FNO2S. The lowest BCUT2D eigenvalue weighted by Gasteiger charge is -2.10. The summed E-state index contributed by atoms with van der Waals surface area (Å²) in [5.41, 5.74) is 2.64. The van der Waals surface area contributed by atoms with Crippen molar-refractivity contribution < 1.29 is 14.0 Å². The Hall–Kier alpha value is -2.79. The maximum Gasteiger partial charge on any atom is 0.265 e. The quantitative estimate of drug-likeness (QED) is 0.515. The van der Waals surface area contributed by atoms with Gasteiger partial charge in [-0.15, -0.1) is 11.3 Å². The van der Waals surface area contributed by atoms with E-state index >= 15 is 0 Å². The zero-order chi connectivity index (χ0) is 19.7. The van der Waals surface area contributed by atoms with Crippen LogP contribution in [0.25, 0.3) is 10.4 Å². The number of carbonyl (C=O) groups excluding carboxylic acids is 2. The summed E-state index contributed by atoms with van der Waals surface area (Å²) >= 11 is 1.24. The normalized spacial score (nSPS) is 13.4. The summed E-state index contributed by atoms with van der Waals surface area (Å²) in [5.74, 6) is 0.0715. The van der Waals surface area contributed by atoms with E-state index in [1.807, 2.05) is 19.1 Å². The molecule has 0 atom stereocenters. The van der Waals surface area contributed by atoms with Crippen LogP contribution in [0.5, 0.6) is 0 Å². The predicted octanol–water partition coefficient (Wildman–Crippen LogP) is 6.10. The average molecular weight is 393 g/mol. The van der Waals surface area contributed by atoms with E-state index in [0.29, 0.717) is 38.9 Å².